The molecule has 1 aromatic carbocycles. The minimum Gasteiger partial charge on any atom is -0.494 e. The van der Waals surface area contributed by atoms with Crippen LogP contribution in [0.3, 0.4) is 0 Å². The summed E-state index contributed by atoms with van der Waals surface area (Å²) in [5, 5.41) is 1.61. The Kier molecular flexibility index (Phi) is 2.44. The number of benzene rings is 1. The van der Waals surface area contributed by atoms with Crippen LogP contribution in [0.25, 0.3) is 0 Å². The molecule has 1 heterocycles. The van der Waals surface area contributed by atoms with E-state index < -0.39 is 5.85 Å². The molecule has 0 radical (unpaired) electrons. The third-order valence-corrected chi connectivity index (χ3v) is 2.57. The summed E-state index contributed by atoms with van der Waals surface area (Å²) in [5.74, 6) is -0.0135. The standard InChI is InChI=1S/C11H14N2O2/c1-4-11(15-3)12-8-6-5-7-9(14-2)10(8)13-11/h5-7H,4H2,1-3H3. The van der Waals surface area contributed by atoms with Gasteiger partial charge in [-0.1, -0.05) is 13.0 Å². The van der Waals surface area contributed by atoms with Crippen LogP contribution in [0.2, 0.25) is 0 Å². The van der Waals surface area contributed by atoms with Gasteiger partial charge in [-0.05, 0) is 12.1 Å². The molecule has 0 saturated heterocycles. The summed E-state index contributed by atoms with van der Waals surface area (Å²) in [5.41, 5.74) is 0. The summed E-state index contributed by atoms with van der Waals surface area (Å²) >= 11 is 0. The highest BCUT2D eigenvalue weighted by Gasteiger charge is 2.29. The molecule has 1 unspecified atom stereocenters. The highest BCUT2D eigenvalue weighted by Crippen LogP contribution is 2.19. The predicted octanol–water partition coefficient (Wildman–Crippen LogP) is 0.658. The minimum absolute atomic E-state index is 0.710. The van der Waals surface area contributed by atoms with Crippen molar-refractivity contribution in [2.45, 2.75) is 19.2 Å². The van der Waals surface area contributed by atoms with Gasteiger partial charge in [-0.3, -0.25) is 0 Å². The van der Waals surface area contributed by atoms with Crippen LogP contribution >= 0.6 is 0 Å². The van der Waals surface area contributed by atoms with Crippen molar-refractivity contribution in [1.29, 1.82) is 0 Å². The van der Waals surface area contributed by atoms with E-state index in [9.17, 15) is 0 Å². The number of fused-ring (bicyclic) bond motifs is 1. The van der Waals surface area contributed by atoms with E-state index in [2.05, 4.69) is 9.98 Å². The maximum Gasteiger partial charge on any atom is 0.257 e. The van der Waals surface area contributed by atoms with Crippen LogP contribution in [-0.2, 0) is 4.74 Å². The van der Waals surface area contributed by atoms with E-state index in [1.54, 1.807) is 14.2 Å². The first-order valence-electron chi connectivity index (χ1n) is 4.92. The molecule has 4 heteroatoms. The predicted molar refractivity (Wildman–Crippen MR) is 55.3 cm³/mol. The number of methoxy groups -OCH3 is 2. The van der Waals surface area contributed by atoms with E-state index in [1.807, 2.05) is 25.1 Å². The maximum atomic E-state index is 5.34. The Morgan fingerprint density at radius 1 is 1.27 bits per heavy atom. The fraction of sp³-hybridized carbons (Fsp3) is 0.455. The fourth-order valence-electron chi connectivity index (χ4n) is 1.66. The van der Waals surface area contributed by atoms with Crippen molar-refractivity contribution in [3.8, 4) is 5.75 Å². The average Bonchev–Trinajstić information content (AvgIpc) is 2.68. The molecule has 0 fully saturated rings. The topological polar surface area (TPSA) is 43.2 Å². The van der Waals surface area contributed by atoms with Crippen LogP contribution in [0.15, 0.2) is 28.2 Å². The zero-order valence-corrected chi connectivity index (χ0v) is 9.15. The number of hydrogen-bond donors (Lipinski definition) is 0. The molecule has 0 amide bonds. The van der Waals surface area contributed by atoms with Gasteiger partial charge < -0.3 is 9.47 Å². The molecule has 0 bridgehead atoms. The molecular formula is C11H14N2O2. The lowest BCUT2D eigenvalue weighted by Gasteiger charge is -2.18. The Bertz CT molecular complexity index is 478. The molecule has 15 heavy (non-hydrogen) atoms. The lowest BCUT2D eigenvalue weighted by molar-refractivity contribution is 0.000555. The molecule has 1 aromatic rings. The van der Waals surface area contributed by atoms with Crippen LogP contribution < -0.4 is 15.5 Å². The van der Waals surface area contributed by atoms with Crippen LogP contribution in [0.4, 0.5) is 0 Å². The second-order valence-corrected chi connectivity index (χ2v) is 3.35. The van der Waals surface area contributed by atoms with E-state index >= 15 is 0 Å². The van der Waals surface area contributed by atoms with Gasteiger partial charge in [0.2, 0.25) is 0 Å². The highest BCUT2D eigenvalue weighted by atomic mass is 16.5. The zero-order valence-electron chi connectivity index (χ0n) is 9.15. The lowest BCUT2D eigenvalue weighted by Crippen LogP contribution is -2.24. The van der Waals surface area contributed by atoms with Gasteiger partial charge in [0.1, 0.15) is 11.1 Å². The highest BCUT2D eigenvalue weighted by molar-refractivity contribution is 5.22. The van der Waals surface area contributed by atoms with Crippen molar-refractivity contribution in [2.75, 3.05) is 14.2 Å². The van der Waals surface area contributed by atoms with Gasteiger partial charge in [0, 0.05) is 13.5 Å². The second-order valence-electron chi connectivity index (χ2n) is 3.35. The third-order valence-electron chi connectivity index (χ3n) is 2.57. The second kappa shape index (κ2) is 3.62. The van der Waals surface area contributed by atoms with E-state index in [1.165, 1.54) is 0 Å². The number of rotatable bonds is 3. The van der Waals surface area contributed by atoms with Gasteiger partial charge >= 0.3 is 0 Å². The Balaban J connectivity index is 2.66. The smallest absolute Gasteiger partial charge is 0.257 e. The monoisotopic (exact) mass is 206 g/mol. The number of para-hydroxylation sites is 1. The molecule has 0 N–H and O–H groups in total. The first-order chi connectivity index (χ1) is 7.24. The van der Waals surface area contributed by atoms with E-state index in [0.717, 1.165) is 16.5 Å². The molecule has 0 aliphatic carbocycles. The molecule has 0 saturated carbocycles. The molecule has 1 aliphatic heterocycles. The van der Waals surface area contributed by atoms with Crippen molar-refractivity contribution >= 4 is 0 Å². The molecular weight excluding hydrogens is 192 g/mol. The van der Waals surface area contributed by atoms with E-state index in [-0.39, 0.29) is 0 Å². The van der Waals surface area contributed by atoms with Crippen molar-refractivity contribution in [1.82, 2.24) is 0 Å². The zero-order chi connectivity index (χ0) is 10.9. The first-order valence-corrected chi connectivity index (χ1v) is 4.92. The van der Waals surface area contributed by atoms with Gasteiger partial charge in [0.05, 0.1) is 12.5 Å². The summed E-state index contributed by atoms with van der Waals surface area (Å²) < 4.78 is 10.6. The van der Waals surface area contributed by atoms with Crippen molar-refractivity contribution in [2.24, 2.45) is 9.98 Å². The number of nitrogens with zero attached hydrogens (tertiary/aromatic N) is 2. The average molecular weight is 206 g/mol. The van der Waals surface area contributed by atoms with Gasteiger partial charge in [0.25, 0.3) is 5.85 Å². The molecule has 1 atom stereocenters. The Labute approximate surface area is 88.3 Å². The van der Waals surface area contributed by atoms with Crippen LogP contribution in [0.5, 0.6) is 5.75 Å². The van der Waals surface area contributed by atoms with Crippen LogP contribution in [0, 0.1) is 0 Å². The van der Waals surface area contributed by atoms with Gasteiger partial charge in [-0.25, -0.2) is 9.98 Å². The Morgan fingerprint density at radius 2 is 2.07 bits per heavy atom. The summed E-state index contributed by atoms with van der Waals surface area (Å²) in [6, 6.07) is 5.69. The van der Waals surface area contributed by atoms with Crippen LogP contribution in [-0.4, -0.2) is 20.1 Å². The molecule has 4 nitrogen and oxygen atoms in total. The molecule has 1 aliphatic rings. The SMILES string of the molecule is CCC1(OC)N=c2cccc(OC)c2=N1. The van der Waals surface area contributed by atoms with Gasteiger partial charge in [-0.15, -0.1) is 0 Å². The fourth-order valence-corrected chi connectivity index (χ4v) is 1.66. The lowest BCUT2D eigenvalue weighted by atomic mass is 10.3. The molecule has 2 rings (SSSR count). The van der Waals surface area contributed by atoms with Crippen molar-refractivity contribution < 1.29 is 9.47 Å². The molecule has 0 aromatic heterocycles. The summed E-state index contributed by atoms with van der Waals surface area (Å²) in [7, 11) is 3.25. The van der Waals surface area contributed by atoms with E-state index in [0.29, 0.717) is 6.42 Å². The number of hydrogen-bond acceptors (Lipinski definition) is 4. The summed E-state index contributed by atoms with van der Waals surface area (Å²) in [6.45, 7) is 1.99. The summed E-state index contributed by atoms with van der Waals surface area (Å²) in [6.07, 6.45) is 0.710. The normalized spacial score (nSPS) is 22.9. The quantitative estimate of drug-likeness (QED) is 0.729. The Morgan fingerprint density at radius 3 is 2.67 bits per heavy atom. The Hall–Kier alpha value is -1.42. The van der Waals surface area contributed by atoms with E-state index in [4.69, 9.17) is 9.47 Å². The van der Waals surface area contributed by atoms with Crippen LogP contribution in [0.1, 0.15) is 13.3 Å². The third kappa shape index (κ3) is 1.51. The minimum atomic E-state index is -0.753. The van der Waals surface area contributed by atoms with Gasteiger partial charge in [0.15, 0.2) is 0 Å². The molecule has 80 valence electrons. The number of ether oxygens (including phenoxy) is 2. The first kappa shape index (κ1) is 10.1. The molecule has 0 spiro atoms. The van der Waals surface area contributed by atoms with Crippen molar-refractivity contribution in [3.05, 3.63) is 28.9 Å². The van der Waals surface area contributed by atoms with Gasteiger partial charge in [-0.2, -0.15) is 0 Å². The summed E-state index contributed by atoms with van der Waals surface area (Å²) in [4.78, 5) is 8.94. The largest absolute Gasteiger partial charge is 0.494 e. The maximum absolute atomic E-state index is 5.34. The van der Waals surface area contributed by atoms with Crippen molar-refractivity contribution in [3.63, 3.8) is 0 Å².